The Kier molecular flexibility index (Phi) is 4.27. The third-order valence-electron chi connectivity index (χ3n) is 3.50. The van der Waals surface area contributed by atoms with Crippen molar-refractivity contribution < 1.29 is 18.3 Å². The summed E-state index contributed by atoms with van der Waals surface area (Å²) in [6, 6.07) is 7.23. The van der Waals surface area contributed by atoms with Crippen LogP contribution in [0.5, 0.6) is 5.75 Å². The number of phenolic OH excluding ortho intramolecular Hbond substituents is 1. The van der Waals surface area contributed by atoms with Gasteiger partial charge in [-0.15, -0.1) is 11.3 Å². The molecule has 1 amide bonds. The molecule has 23 heavy (non-hydrogen) atoms. The molecular weight excluding hydrogens is 336 g/mol. The minimum Gasteiger partial charge on any atom is -0.507 e. The summed E-state index contributed by atoms with van der Waals surface area (Å²) in [4.78, 5) is 12.0. The highest BCUT2D eigenvalue weighted by atomic mass is 32.2. The van der Waals surface area contributed by atoms with Crippen LogP contribution in [0.25, 0.3) is 0 Å². The molecule has 0 bridgehead atoms. The number of carbonyl (C=O) groups is 1. The van der Waals surface area contributed by atoms with E-state index in [0.717, 1.165) is 24.2 Å². The van der Waals surface area contributed by atoms with Gasteiger partial charge in [-0.2, -0.15) is 0 Å². The van der Waals surface area contributed by atoms with Crippen molar-refractivity contribution in [3.05, 3.63) is 41.3 Å². The molecule has 3 rings (SSSR count). The Morgan fingerprint density at radius 2 is 2.09 bits per heavy atom. The Labute approximate surface area is 138 Å². The molecule has 1 aromatic heterocycles. The summed E-state index contributed by atoms with van der Waals surface area (Å²) in [5, 5.41) is 14.4. The Bertz CT molecular complexity index is 812. The third-order valence-corrected chi connectivity index (χ3v) is 6.28. The van der Waals surface area contributed by atoms with E-state index in [1.165, 1.54) is 24.3 Å². The average molecular weight is 352 g/mol. The van der Waals surface area contributed by atoms with E-state index in [9.17, 15) is 18.3 Å². The predicted molar refractivity (Wildman–Crippen MR) is 88.3 cm³/mol. The number of benzene rings is 1. The Hall–Kier alpha value is -2.06. The molecule has 0 saturated heterocycles. The van der Waals surface area contributed by atoms with E-state index in [-0.39, 0.29) is 27.1 Å². The molecule has 1 aliphatic carbocycles. The van der Waals surface area contributed by atoms with Crippen molar-refractivity contribution in [2.45, 2.75) is 17.1 Å². The fourth-order valence-corrected chi connectivity index (χ4v) is 4.11. The van der Waals surface area contributed by atoms with Gasteiger partial charge in [0, 0.05) is 12.6 Å². The largest absolute Gasteiger partial charge is 0.507 e. The molecular formula is C15H16N2O4S2. The molecule has 6 nitrogen and oxygen atoms in total. The molecule has 0 unspecified atom stereocenters. The molecule has 0 spiro atoms. The quantitative estimate of drug-likeness (QED) is 0.744. The van der Waals surface area contributed by atoms with E-state index >= 15 is 0 Å². The maximum Gasteiger partial charge on any atom is 0.271 e. The minimum atomic E-state index is -3.68. The van der Waals surface area contributed by atoms with Crippen molar-refractivity contribution in [2.24, 2.45) is 5.92 Å². The van der Waals surface area contributed by atoms with Crippen LogP contribution in [0.4, 0.5) is 5.69 Å². The van der Waals surface area contributed by atoms with E-state index < -0.39 is 10.0 Å². The number of amides is 1. The van der Waals surface area contributed by atoms with E-state index in [2.05, 4.69) is 10.0 Å². The van der Waals surface area contributed by atoms with Crippen LogP contribution in [0.1, 0.15) is 23.2 Å². The van der Waals surface area contributed by atoms with Crippen LogP contribution >= 0.6 is 11.3 Å². The summed E-state index contributed by atoms with van der Waals surface area (Å²) in [6.07, 6.45) is 2.24. The summed E-state index contributed by atoms with van der Waals surface area (Å²) < 4.78 is 26.8. The molecule has 0 radical (unpaired) electrons. The van der Waals surface area contributed by atoms with Gasteiger partial charge in [-0.1, -0.05) is 6.07 Å². The van der Waals surface area contributed by atoms with E-state index in [4.69, 9.17) is 0 Å². The highest BCUT2D eigenvalue weighted by molar-refractivity contribution is 7.94. The number of rotatable bonds is 6. The summed E-state index contributed by atoms with van der Waals surface area (Å²) >= 11 is 1.10. The minimum absolute atomic E-state index is 0.129. The third kappa shape index (κ3) is 3.83. The molecule has 1 heterocycles. The lowest BCUT2D eigenvalue weighted by molar-refractivity contribution is 0.0949. The first-order chi connectivity index (χ1) is 11.0. The number of nitrogens with one attached hydrogen (secondary N) is 2. The number of carbonyl (C=O) groups excluding carboxylic acids is 1. The second kappa shape index (κ2) is 6.21. The van der Waals surface area contributed by atoms with E-state index in [1.54, 1.807) is 11.4 Å². The molecule has 2 aromatic rings. The van der Waals surface area contributed by atoms with Gasteiger partial charge in [0.25, 0.3) is 15.9 Å². The standard InChI is InChI=1S/C15H16N2O4S2/c18-13-8-11(17-23(20,21)14-2-1-7-22-14)5-6-12(13)15(19)16-9-10-3-4-10/h1-2,5-8,10,17-18H,3-4,9H2,(H,16,19). The van der Waals surface area contributed by atoms with Gasteiger partial charge < -0.3 is 10.4 Å². The van der Waals surface area contributed by atoms with Gasteiger partial charge in [0.2, 0.25) is 0 Å². The smallest absolute Gasteiger partial charge is 0.271 e. The molecule has 0 atom stereocenters. The van der Waals surface area contributed by atoms with E-state index in [1.807, 2.05) is 0 Å². The Balaban J connectivity index is 1.72. The lowest BCUT2D eigenvalue weighted by Gasteiger charge is -2.10. The van der Waals surface area contributed by atoms with Crippen molar-refractivity contribution in [3.63, 3.8) is 0 Å². The first kappa shape index (κ1) is 15.8. The van der Waals surface area contributed by atoms with Gasteiger partial charge in [0.05, 0.1) is 11.3 Å². The highest BCUT2D eigenvalue weighted by Gasteiger charge is 2.23. The second-order valence-electron chi connectivity index (χ2n) is 5.42. The van der Waals surface area contributed by atoms with Crippen molar-refractivity contribution in [2.75, 3.05) is 11.3 Å². The molecule has 0 aliphatic heterocycles. The van der Waals surface area contributed by atoms with Gasteiger partial charge in [0.15, 0.2) is 0 Å². The lowest BCUT2D eigenvalue weighted by atomic mass is 10.1. The normalized spacial score (nSPS) is 14.4. The summed E-state index contributed by atoms with van der Waals surface area (Å²) in [7, 11) is -3.68. The van der Waals surface area contributed by atoms with Gasteiger partial charge >= 0.3 is 0 Å². The molecule has 1 aromatic carbocycles. The number of thiophene rings is 1. The van der Waals surface area contributed by atoms with Crippen LogP contribution in [0.15, 0.2) is 39.9 Å². The first-order valence-electron chi connectivity index (χ1n) is 7.13. The number of sulfonamides is 1. The summed E-state index contributed by atoms with van der Waals surface area (Å²) in [6.45, 7) is 0.602. The fraction of sp³-hybridized carbons (Fsp3) is 0.267. The Morgan fingerprint density at radius 1 is 1.30 bits per heavy atom. The summed E-state index contributed by atoms with van der Waals surface area (Å²) in [5.41, 5.74) is 0.333. The van der Waals surface area contributed by atoms with Crippen LogP contribution in [-0.4, -0.2) is 26.0 Å². The lowest BCUT2D eigenvalue weighted by Crippen LogP contribution is -2.25. The van der Waals surface area contributed by atoms with Crippen LogP contribution in [0.3, 0.4) is 0 Å². The SMILES string of the molecule is O=C(NCC1CC1)c1ccc(NS(=O)(=O)c2cccs2)cc1O. The Morgan fingerprint density at radius 3 is 2.70 bits per heavy atom. The van der Waals surface area contributed by atoms with Crippen molar-refractivity contribution in [1.29, 1.82) is 0 Å². The topological polar surface area (TPSA) is 95.5 Å². The number of aromatic hydroxyl groups is 1. The molecule has 1 fully saturated rings. The van der Waals surface area contributed by atoms with Crippen LogP contribution < -0.4 is 10.0 Å². The van der Waals surface area contributed by atoms with E-state index in [0.29, 0.717) is 12.5 Å². The second-order valence-corrected chi connectivity index (χ2v) is 8.28. The number of phenols is 1. The zero-order valence-corrected chi connectivity index (χ0v) is 13.8. The van der Waals surface area contributed by atoms with Gasteiger partial charge in [-0.25, -0.2) is 8.42 Å². The molecule has 8 heteroatoms. The molecule has 1 saturated carbocycles. The monoisotopic (exact) mass is 352 g/mol. The maximum atomic E-state index is 12.1. The number of hydrogen-bond acceptors (Lipinski definition) is 5. The fourth-order valence-electron chi connectivity index (χ4n) is 2.06. The van der Waals surface area contributed by atoms with Crippen molar-refractivity contribution >= 4 is 33.0 Å². The number of hydrogen-bond donors (Lipinski definition) is 3. The molecule has 122 valence electrons. The van der Waals surface area contributed by atoms with Gasteiger partial charge in [0.1, 0.15) is 9.96 Å². The predicted octanol–water partition coefficient (Wildman–Crippen LogP) is 2.39. The summed E-state index contributed by atoms with van der Waals surface area (Å²) in [5.74, 6) is -0.0790. The maximum absolute atomic E-state index is 12.1. The molecule has 3 N–H and O–H groups in total. The van der Waals surface area contributed by atoms with Crippen LogP contribution in [0, 0.1) is 5.92 Å². The van der Waals surface area contributed by atoms with Crippen LogP contribution in [-0.2, 0) is 10.0 Å². The first-order valence-corrected chi connectivity index (χ1v) is 9.49. The molecule has 1 aliphatic rings. The van der Waals surface area contributed by atoms with Gasteiger partial charge in [-0.05, 0) is 42.3 Å². The zero-order chi connectivity index (χ0) is 16.4. The zero-order valence-electron chi connectivity index (χ0n) is 12.2. The van der Waals surface area contributed by atoms with Gasteiger partial charge in [-0.3, -0.25) is 9.52 Å². The van der Waals surface area contributed by atoms with Crippen LogP contribution in [0.2, 0.25) is 0 Å². The average Bonchev–Trinajstić information content (AvgIpc) is 3.14. The number of anilines is 1. The highest BCUT2D eigenvalue weighted by Crippen LogP contribution is 2.28. The van der Waals surface area contributed by atoms with Crippen molar-refractivity contribution in [3.8, 4) is 5.75 Å². The van der Waals surface area contributed by atoms with Crippen molar-refractivity contribution in [1.82, 2.24) is 5.32 Å².